The molecule has 0 spiro atoms. The molecule has 10 aromatic carbocycles. The fraction of sp³-hybridized carbons (Fsp3) is 0. The minimum Gasteiger partial charge on any atom is -0.310 e. The van der Waals surface area contributed by atoms with E-state index in [0.717, 1.165) is 17.1 Å². The molecule has 0 N–H and O–H groups in total. The fourth-order valence-electron chi connectivity index (χ4n) is 8.14. The lowest BCUT2D eigenvalue weighted by Gasteiger charge is -2.28. The Hall–Kier alpha value is -6.96. The Morgan fingerprint density at radius 1 is 0.245 bits per heavy atom. The van der Waals surface area contributed by atoms with Gasteiger partial charge in [-0.3, -0.25) is 0 Å². The predicted octanol–water partition coefficient (Wildman–Crippen LogP) is 14.8. The van der Waals surface area contributed by atoms with E-state index in [2.05, 4.69) is 217 Å². The highest BCUT2D eigenvalue weighted by Gasteiger charge is 2.21. The van der Waals surface area contributed by atoms with E-state index in [9.17, 15) is 0 Å². The number of hydrogen-bond donors (Lipinski definition) is 0. The fourth-order valence-corrected chi connectivity index (χ4v) is 8.14. The summed E-state index contributed by atoms with van der Waals surface area (Å²) in [6.45, 7) is 0. The van der Waals surface area contributed by atoms with Gasteiger partial charge in [-0.15, -0.1) is 0 Å². The van der Waals surface area contributed by atoms with Crippen LogP contribution in [0, 0.1) is 0 Å². The molecule has 53 heavy (non-hydrogen) atoms. The van der Waals surface area contributed by atoms with Crippen molar-refractivity contribution in [1.82, 2.24) is 0 Å². The van der Waals surface area contributed by atoms with Crippen LogP contribution in [0.3, 0.4) is 0 Å². The monoisotopic (exact) mass is 673 g/mol. The van der Waals surface area contributed by atoms with Crippen molar-refractivity contribution < 1.29 is 0 Å². The molecule has 10 rings (SSSR count). The molecule has 0 fully saturated rings. The average Bonchev–Trinajstić information content (AvgIpc) is 3.23. The zero-order valence-corrected chi connectivity index (χ0v) is 29.2. The van der Waals surface area contributed by atoms with E-state index in [4.69, 9.17) is 0 Å². The molecule has 0 unspecified atom stereocenters. The smallest absolute Gasteiger partial charge is 0.0540 e. The highest BCUT2D eigenvalue weighted by atomic mass is 15.1. The highest BCUT2D eigenvalue weighted by Crippen LogP contribution is 2.47. The van der Waals surface area contributed by atoms with Gasteiger partial charge in [0, 0.05) is 16.8 Å². The summed E-state index contributed by atoms with van der Waals surface area (Å²) >= 11 is 0. The van der Waals surface area contributed by atoms with Crippen LogP contribution in [0.15, 0.2) is 212 Å². The number of benzene rings is 10. The van der Waals surface area contributed by atoms with E-state index < -0.39 is 0 Å². The first-order valence-electron chi connectivity index (χ1n) is 18.3. The van der Waals surface area contributed by atoms with Gasteiger partial charge in [0.05, 0.1) is 5.69 Å². The number of hydrogen-bond acceptors (Lipinski definition) is 1. The molecular weight excluding hydrogens is 639 g/mol. The van der Waals surface area contributed by atoms with Crippen molar-refractivity contribution in [3.63, 3.8) is 0 Å². The van der Waals surface area contributed by atoms with E-state index in [0.29, 0.717) is 0 Å². The summed E-state index contributed by atoms with van der Waals surface area (Å²) in [5.74, 6) is 0. The number of nitrogens with zero attached hydrogens (tertiary/aromatic N) is 1. The van der Waals surface area contributed by atoms with Crippen LogP contribution >= 0.6 is 0 Å². The normalized spacial score (nSPS) is 11.4. The Morgan fingerprint density at radius 3 is 1.45 bits per heavy atom. The van der Waals surface area contributed by atoms with Gasteiger partial charge in [0.15, 0.2) is 0 Å². The Morgan fingerprint density at radius 2 is 0.717 bits per heavy atom. The van der Waals surface area contributed by atoms with Crippen LogP contribution in [-0.4, -0.2) is 0 Å². The van der Waals surface area contributed by atoms with Crippen molar-refractivity contribution in [1.29, 1.82) is 0 Å². The molecule has 248 valence electrons. The lowest BCUT2D eigenvalue weighted by atomic mass is 9.85. The summed E-state index contributed by atoms with van der Waals surface area (Å²) in [6.07, 6.45) is 0. The zero-order chi connectivity index (χ0) is 35.1. The third kappa shape index (κ3) is 5.42. The van der Waals surface area contributed by atoms with Crippen molar-refractivity contribution >= 4 is 60.2 Å². The van der Waals surface area contributed by atoms with E-state index in [-0.39, 0.29) is 0 Å². The maximum absolute atomic E-state index is 2.44. The van der Waals surface area contributed by atoms with Gasteiger partial charge in [0.25, 0.3) is 0 Å². The summed E-state index contributed by atoms with van der Waals surface area (Å²) in [6, 6.07) is 77.3. The van der Waals surface area contributed by atoms with Crippen molar-refractivity contribution in [3.05, 3.63) is 212 Å². The Kier molecular flexibility index (Phi) is 7.55. The minimum atomic E-state index is 1.11. The Balaban J connectivity index is 1.27. The third-order valence-corrected chi connectivity index (χ3v) is 10.6. The number of fused-ring (bicyclic) bond motifs is 4. The Labute approximate surface area is 309 Å². The first-order valence-corrected chi connectivity index (χ1v) is 18.3. The molecule has 0 aliphatic rings. The van der Waals surface area contributed by atoms with Crippen molar-refractivity contribution in [2.45, 2.75) is 0 Å². The van der Waals surface area contributed by atoms with Crippen molar-refractivity contribution in [3.8, 4) is 33.4 Å². The molecule has 0 amide bonds. The number of rotatable bonds is 6. The van der Waals surface area contributed by atoms with Crippen LogP contribution in [0.25, 0.3) is 76.5 Å². The minimum absolute atomic E-state index is 1.11. The second-order valence-corrected chi connectivity index (χ2v) is 13.7. The number of anilines is 3. The Bertz CT molecular complexity index is 2920. The molecule has 0 aromatic heterocycles. The van der Waals surface area contributed by atoms with Gasteiger partial charge >= 0.3 is 0 Å². The molecule has 0 saturated carbocycles. The first kappa shape index (κ1) is 30.8. The van der Waals surface area contributed by atoms with Crippen LogP contribution in [0.2, 0.25) is 0 Å². The molecule has 1 heteroatoms. The molecule has 0 aliphatic heterocycles. The zero-order valence-electron chi connectivity index (χ0n) is 29.2. The van der Waals surface area contributed by atoms with Gasteiger partial charge in [0.2, 0.25) is 0 Å². The lowest BCUT2D eigenvalue weighted by molar-refractivity contribution is 1.31. The quantitative estimate of drug-likeness (QED) is 0.159. The molecule has 1 nitrogen and oxygen atoms in total. The van der Waals surface area contributed by atoms with Gasteiger partial charge in [-0.25, -0.2) is 0 Å². The summed E-state index contributed by atoms with van der Waals surface area (Å²) < 4.78 is 0. The standard InChI is InChI=1S/C52H35N/c1-3-14-36(15-4-1)38-26-28-41(29-27-38)51-46-23-11-12-24-47(46)52(40-18-5-2-6-19-40)49-35-44(32-33-48(49)51)53(43-31-30-37-16-7-8-20-42(37)34-43)50-25-13-21-39-17-9-10-22-45(39)50/h1-35H. The molecule has 0 saturated heterocycles. The SMILES string of the molecule is c1ccc(-c2ccc(-c3c4ccccc4c(-c4ccccc4)c4cc(N(c5ccc6ccccc6c5)c5cccc6ccccc56)ccc34)cc2)cc1. The van der Waals surface area contributed by atoms with Gasteiger partial charge < -0.3 is 4.90 Å². The van der Waals surface area contributed by atoms with E-state index in [1.54, 1.807) is 0 Å². The average molecular weight is 674 g/mol. The topological polar surface area (TPSA) is 3.24 Å². The van der Waals surface area contributed by atoms with Crippen molar-refractivity contribution in [2.24, 2.45) is 0 Å². The van der Waals surface area contributed by atoms with E-state index in [1.165, 1.54) is 76.5 Å². The van der Waals surface area contributed by atoms with Gasteiger partial charge in [-0.1, -0.05) is 182 Å². The third-order valence-electron chi connectivity index (χ3n) is 10.6. The van der Waals surface area contributed by atoms with Crippen molar-refractivity contribution in [2.75, 3.05) is 4.90 Å². The predicted molar refractivity (Wildman–Crippen MR) is 227 cm³/mol. The van der Waals surface area contributed by atoms with E-state index in [1.807, 2.05) is 0 Å². The summed E-state index contributed by atoms with van der Waals surface area (Å²) in [7, 11) is 0. The molecule has 0 atom stereocenters. The van der Waals surface area contributed by atoms with Gasteiger partial charge in [-0.05, 0) is 101 Å². The maximum Gasteiger partial charge on any atom is 0.0540 e. The van der Waals surface area contributed by atoms with Crippen LogP contribution in [-0.2, 0) is 0 Å². The van der Waals surface area contributed by atoms with Crippen LogP contribution < -0.4 is 4.90 Å². The summed E-state index contributed by atoms with van der Waals surface area (Å²) in [5, 5.41) is 9.82. The van der Waals surface area contributed by atoms with Crippen LogP contribution in [0.5, 0.6) is 0 Å². The summed E-state index contributed by atoms with van der Waals surface area (Å²) in [4.78, 5) is 2.44. The largest absolute Gasteiger partial charge is 0.310 e. The molecular formula is C52H35N. The maximum atomic E-state index is 2.44. The van der Waals surface area contributed by atoms with Crippen LogP contribution in [0.4, 0.5) is 17.1 Å². The first-order chi connectivity index (χ1) is 26.3. The summed E-state index contributed by atoms with van der Waals surface area (Å²) in [5.41, 5.74) is 10.7. The van der Waals surface area contributed by atoms with Gasteiger partial charge in [-0.2, -0.15) is 0 Å². The second-order valence-electron chi connectivity index (χ2n) is 13.7. The lowest BCUT2D eigenvalue weighted by Crippen LogP contribution is -2.10. The van der Waals surface area contributed by atoms with Gasteiger partial charge in [0.1, 0.15) is 0 Å². The molecule has 10 aromatic rings. The highest BCUT2D eigenvalue weighted by molar-refractivity contribution is 6.22. The molecule has 0 bridgehead atoms. The second kappa shape index (κ2) is 13.0. The molecule has 0 aliphatic carbocycles. The van der Waals surface area contributed by atoms with Crippen LogP contribution in [0.1, 0.15) is 0 Å². The van der Waals surface area contributed by atoms with E-state index >= 15 is 0 Å². The molecule has 0 heterocycles. The molecule has 0 radical (unpaired) electrons.